The molecular weight excluding hydrogens is 284 g/mol. The highest BCUT2D eigenvalue weighted by Gasteiger charge is 2.37. The minimum Gasteiger partial charge on any atom is -0.326 e. The van der Waals surface area contributed by atoms with E-state index in [0.29, 0.717) is 11.4 Å². The van der Waals surface area contributed by atoms with Gasteiger partial charge >= 0.3 is 6.03 Å². The number of halogens is 1. The number of hydrogen-bond donors (Lipinski definition) is 1. The van der Waals surface area contributed by atoms with E-state index in [2.05, 4.69) is 5.32 Å². The molecule has 0 aromatic heterocycles. The third-order valence-corrected chi connectivity index (χ3v) is 4.02. The first kappa shape index (κ1) is 14.2. The van der Waals surface area contributed by atoms with Crippen LogP contribution in [0, 0.1) is 0 Å². The molecule has 0 bridgehead atoms. The zero-order valence-electron chi connectivity index (χ0n) is 10.6. The van der Waals surface area contributed by atoms with Crippen LogP contribution < -0.4 is 5.32 Å². The SMILES string of the molecule is CSCCC1NC(=O)N(Cc2ccccc2Cl)C1=O. The number of carbonyl (C=O) groups excluding carboxylic acids is 2. The van der Waals surface area contributed by atoms with Gasteiger partial charge in [0.1, 0.15) is 6.04 Å². The van der Waals surface area contributed by atoms with Crippen LogP contribution in [0.1, 0.15) is 12.0 Å². The number of benzene rings is 1. The standard InChI is InChI=1S/C13H15ClN2O2S/c1-19-7-6-11-12(17)16(13(18)15-11)8-9-4-2-3-5-10(9)14/h2-5,11H,6-8H2,1H3,(H,15,18). The Balaban J connectivity index is 2.07. The van der Waals surface area contributed by atoms with Crippen molar-refractivity contribution in [1.29, 1.82) is 0 Å². The summed E-state index contributed by atoms with van der Waals surface area (Å²) < 4.78 is 0. The van der Waals surface area contributed by atoms with E-state index in [1.807, 2.05) is 24.5 Å². The van der Waals surface area contributed by atoms with Crippen LogP contribution in [0.25, 0.3) is 0 Å². The Morgan fingerprint density at radius 1 is 1.37 bits per heavy atom. The van der Waals surface area contributed by atoms with E-state index in [4.69, 9.17) is 11.6 Å². The second-order valence-corrected chi connectivity index (χ2v) is 5.69. The predicted molar refractivity (Wildman–Crippen MR) is 77.3 cm³/mol. The first-order valence-electron chi connectivity index (χ1n) is 5.97. The zero-order valence-corrected chi connectivity index (χ0v) is 12.1. The molecule has 6 heteroatoms. The first-order chi connectivity index (χ1) is 9.13. The van der Waals surface area contributed by atoms with Gasteiger partial charge in [-0.05, 0) is 30.1 Å². The molecule has 1 N–H and O–H groups in total. The van der Waals surface area contributed by atoms with Crippen molar-refractivity contribution in [1.82, 2.24) is 10.2 Å². The van der Waals surface area contributed by atoms with Gasteiger partial charge in [-0.2, -0.15) is 11.8 Å². The number of hydrogen-bond acceptors (Lipinski definition) is 3. The Kier molecular flexibility index (Phi) is 4.71. The van der Waals surface area contributed by atoms with E-state index in [9.17, 15) is 9.59 Å². The summed E-state index contributed by atoms with van der Waals surface area (Å²) in [6, 6.07) is 6.49. The lowest BCUT2D eigenvalue weighted by Crippen LogP contribution is -2.31. The Morgan fingerprint density at radius 2 is 2.11 bits per heavy atom. The van der Waals surface area contributed by atoms with Crippen molar-refractivity contribution in [3.05, 3.63) is 34.9 Å². The highest BCUT2D eigenvalue weighted by atomic mass is 35.5. The van der Waals surface area contributed by atoms with Crippen molar-refractivity contribution in [2.45, 2.75) is 19.0 Å². The van der Waals surface area contributed by atoms with Gasteiger partial charge in [0.2, 0.25) is 0 Å². The lowest BCUT2D eigenvalue weighted by Gasteiger charge is -2.13. The molecule has 1 aliphatic rings. The van der Waals surface area contributed by atoms with E-state index in [0.717, 1.165) is 11.3 Å². The van der Waals surface area contributed by atoms with Crippen LogP contribution in [0.3, 0.4) is 0 Å². The van der Waals surface area contributed by atoms with Crippen LogP contribution in [0.5, 0.6) is 0 Å². The third-order valence-electron chi connectivity index (χ3n) is 3.00. The molecule has 19 heavy (non-hydrogen) atoms. The smallest absolute Gasteiger partial charge is 0.325 e. The topological polar surface area (TPSA) is 49.4 Å². The zero-order chi connectivity index (χ0) is 13.8. The van der Waals surface area contributed by atoms with Crippen molar-refractivity contribution in [2.75, 3.05) is 12.0 Å². The molecule has 0 saturated carbocycles. The summed E-state index contributed by atoms with van der Waals surface area (Å²) in [5.41, 5.74) is 0.776. The monoisotopic (exact) mass is 298 g/mol. The van der Waals surface area contributed by atoms with Gasteiger partial charge in [0.05, 0.1) is 6.54 Å². The number of nitrogens with zero attached hydrogens (tertiary/aromatic N) is 1. The molecule has 0 radical (unpaired) electrons. The number of thioether (sulfide) groups is 1. The maximum Gasteiger partial charge on any atom is 0.325 e. The number of rotatable bonds is 5. The molecule has 3 amide bonds. The van der Waals surface area contributed by atoms with Crippen LogP contribution in [-0.2, 0) is 11.3 Å². The van der Waals surface area contributed by atoms with Gasteiger partial charge < -0.3 is 5.32 Å². The van der Waals surface area contributed by atoms with Crippen molar-refractivity contribution in [3.8, 4) is 0 Å². The lowest BCUT2D eigenvalue weighted by molar-refractivity contribution is -0.127. The van der Waals surface area contributed by atoms with Crippen LogP contribution in [0.2, 0.25) is 5.02 Å². The molecular formula is C13H15ClN2O2S. The van der Waals surface area contributed by atoms with Crippen molar-refractivity contribution in [2.24, 2.45) is 0 Å². The quantitative estimate of drug-likeness (QED) is 0.850. The Morgan fingerprint density at radius 3 is 2.79 bits per heavy atom. The fourth-order valence-electron chi connectivity index (χ4n) is 1.95. The van der Waals surface area contributed by atoms with Gasteiger partial charge in [-0.1, -0.05) is 29.8 Å². The van der Waals surface area contributed by atoms with E-state index < -0.39 is 6.04 Å². The van der Waals surface area contributed by atoms with E-state index in [1.54, 1.807) is 17.8 Å². The molecule has 102 valence electrons. The normalized spacial score (nSPS) is 18.8. The highest BCUT2D eigenvalue weighted by molar-refractivity contribution is 7.98. The van der Waals surface area contributed by atoms with Crippen molar-refractivity contribution >= 4 is 35.3 Å². The Hall–Kier alpha value is -1.20. The maximum atomic E-state index is 12.1. The van der Waals surface area contributed by atoms with Gasteiger partial charge in [-0.25, -0.2) is 4.79 Å². The van der Waals surface area contributed by atoms with Crippen LogP contribution in [0.15, 0.2) is 24.3 Å². The molecule has 4 nitrogen and oxygen atoms in total. The first-order valence-corrected chi connectivity index (χ1v) is 7.75. The molecule has 0 spiro atoms. The van der Waals surface area contributed by atoms with Crippen LogP contribution in [-0.4, -0.2) is 34.9 Å². The minimum atomic E-state index is -0.401. The molecule has 1 saturated heterocycles. The van der Waals surface area contributed by atoms with Crippen molar-refractivity contribution < 1.29 is 9.59 Å². The van der Waals surface area contributed by atoms with Crippen molar-refractivity contribution in [3.63, 3.8) is 0 Å². The molecule has 1 unspecified atom stereocenters. The second-order valence-electron chi connectivity index (χ2n) is 4.30. The van der Waals surface area contributed by atoms with E-state index >= 15 is 0 Å². The Labute approximate surface area is 121 Å². The summed E-state index contributed by atoms with van der Waals surface area (Å²) in [5.74, 6) is 0.676. The fraction of sp³-hybridized carbons (Fsp3) is 0.385. The molecule has 1 heterocycles. The van der Waals surface area contributed by atoms with E-state index in [-0.39, 0.29) is 18.5 Å². The number of nitrogens with one attached hydrogen (secondary N) is 1. The average molecular weight is 299 g/mol. The Bertz CT molecular complexity index is 495. The van der Waals surface area contributed by atoms with Crippen LogP contribution >= 0.6 is 23.4 Å². The largest absolute Gasteiger partial charge is 0.326 e. The third kappa shape index (κ3) is 3.22. The summed E-state index contributed by atoms with van der Waals surface area (Å²) in [5, 5.41) is 3.27. The molecule has 1 aliphatic heterocycles. The summed E-state index contributed by atoms with van der Waals surface area (Å²) >= 11 is 7.70. The molecule has 1 fully saturated rings. The molecule has 1 aromatic rings. The minimum absolute atomic E-state index is 0.168. The summed E-state index contributed by atoms with van der Waals surface area (Å²) in [6.45, 7) is 0.222. The number of amides is 3. The van der Waals surface area contributed by atoms with Gasteiger partial charge in [-0.15, -0.1) is 0 Å². The second kappa shape index (κ2) is 6.30. The van der Waals surface area contributed by atoms with Gasteiger partial charge in [0, 0.05) is 5.02 Å². The van der Waals surface area contributed by atoms with Gasteiger partial charge in [0.15, 0.2) is 0 Å². The predicted octanol–water partition coefficient (Wildman–Crippen LogP) is 2.51. The van der Waals surface area contributed by atoms with Gasteiger partial charge in [-0.3, -0.25) is 9.69 Å². The summed E-state index contributed by atoms with van der Waals surface area (Å²) in [4.78, 5) is 25.2. The molecule has 2 rings (SSSR count). The number of imide groups is 1. The number of urea groups is 1. The lowest BCUT2D eigenvalue weighted by atomic mass is 10.2. The number of carbonyl (C=O) groups is 2. The average Bonchev–Trinajstić information content (AvgIpc) is 2.66. The molecule has 0 aliphatic carbocycles. The maximum absolute atomic E-state index is 12.1. The van der Waals surface area contributed by atoms with Crippen LogP contribution in [0.4, 0.5) is 4.79 Å². The summed E-state index contributed by atoms with van der Waals surface area (Å²) in [7, 11) is 0. The highest BCUT2D eigenvalue weighted by Crippen LogP contribution is 2.20. The molecule has 1 atom stereocenters. The summed E-state index contributed by atoms with van der Waals surface area (Å²) in [6.07, 6.45) is 2.63. The fourth-order valence-corrected chi connectivity index (χ4v) is 2.62. The van der Waals surface area contributed by atoms with Gasteiger partial charge in [0.25, 0.3) is 5.91 Å². The molecule has 1 aromatic carbocycles. The van der Waals surface area contributed by atoms with E-state index in [1.165, 1.54) is 4.90 Å².